The molecule has 7 heteroatoms. The van der Waals surface area contributed by atoms with Crippen molar-refractivity contribution in [2.45, 2.75) is 13.0 Å². The first-order valence-corrected chi connectivity index (χ1v) is 8.63. The highest BCUT2D eigenvalue weighted by atomic mass is 16.5. The predicted molar refractivity (Wildman–Crippen MR) is 100 cm³/mol. The summed E-state index contributed by atoms with van der Waals surface area (Å²) in [5.41, 5.74) is 3.25. The van der Waals surface area contributed by atoms with Crippen LogP contribution in [-0.2, 0) is 16.1 Å². The molecule has 1 fully saturated rings. The zero-order valence-corrected chi connectivity index (χ0v) is 14.8. The first kappa shape index (κ1) is 18.4. The average Bonchev–Trinajstić information content (AvgIpc) is 3.31. The van der Waals surface area contributed by atoms with E-state index in [1.807, 2.05) is 24.3 Å². The number of carbonyl (C=O) groups excluding carboxylic acids is 2. The van der Waals surface area contributed by atoms with Gasteiger partial charge in [-0.25, -0.2) is 5.43 Å². The molecule has 1 unspecified atom stereocenters. The van der Waals surface area contributed by atoms with Crippen molar-refractivity contribution < 1.29 is 18.7 Å². The Hall–Kier alpha value is -3.35. The first-order valence-electron chi connectivity index (χ1n) is 8.63. The van der Waals surface area contributed by atoms with Gasteiger partial charge in [0.1, 0.15) is 18.1 Å². The molecule has 0 bridgehead atoms. The zero-order valence-electron chi connectivity index (χ0n) is 14.8. The summed E-state index contributed by atoms with van der Waals surface area (Å²) < 4.78 is 10.8. The Bertz CT molecular complexity index is 830. The molecule has 1 aromatic heterocycles. The molecule has 2 heterocycles. The van der Waals surface area contributed by atoms with Gasteiger partial charge in [0.2, 0.25) is 11.8 Å². The zero-order chi connectivity index (χ0) is 19.1. The van der Waals surface area contributed by atoms with E-state index >= 15 is 0 Å². The molecule has 2 amide bonds. The lowest BCUT2D eigenvalue weighted by Crippen LogP contribution is -2.30. The minimum atomic E-state index is -0.433. The van der Waals surface area contributed by atoms with Crippen molar-refractivity contribution >= 4 is 18.0 Å². The highest BCUT2D eigenvalue weighted by Crippen LogP contribution is 2.20. The number of amides is 2. The van der Waals surface area contributed by atoms with Crippen LogP contribution in [0, 0.1) is 5.92 Å². The van der Waals surface area contributed by atoms with Crippen molar-refractivity contribution in [2.75, 3.05) is 13.2 Å². The van der Waals surface area contributed by atoms with Crippen LogP contribution in [0.1, 0.15) is 17.7 Å². The van der Waals surface area contributed by atoms with E-state index in [0.717, 1.165) is 5.56 Å². The molecule has 3 rings (SSSR count). The molecule has 27 heavy (non-hydrogen) atoms. The number of benzene rings is 1. The normalized spacial score (nSPS) is 16.7. The van der Waals surface area contributed by atoms with Gasteiger partial charge < -0.3 is 14.1 Å². The molecule has 0 spiro atoms. The highest BCUT2D eigenvalue weighted by Gasteiger charge is 2.34. The number of nitrogens with zero attached hydrogens (tertiary/aromatic N) is 2. The van der Waals surface area contributed by atoms with Gasteiger partial charge in [-0.15, -0.1) is 0 Å². The minimum absolute atomic E-state index is 0.0706. The molecule has 1 aliphatic heterocycles. The molecule has 0 aliphatic carbocycles. The summed E-state index contributed by atoms with van der Waals surface area (Å²) in [6.45, 7) is 4.71. The topological polar surface area (TPSA) is 84.1 Å². The van der Waals surface area contributed by atoms with Crippen LogP contribution in [0.3, 0.4) is 0 Å². The van der Waals surface area contributed by atoms with Crippen molar-refractivity contribution in [3.05, 3.63) is 66.6 Å². The number of carbonyl (C=O) groups is 2. The van der Waals surface area contributed by atoms with Gasteiger partial charge in [0, 0.05) is 18.5 Å². The Morgan fingerprint density at radius 3 is 3.00 bits per heavy atom. The van der Waals surface area contributed by atoms with Crippen molar-refractivity contribution in [1.82, 2.24) is 10.3 Å². The van der Waals surface area contributed by atoms with Crippen molar-refractivity contribution in [1.29, 1.82) is 0 Å². The van der Waals surface area contributed by atoms with E-state index in [4.69, 9.17) is 9.15 Å². The number of likely N-dealkylation sites (tertiary alicyclic amines) is 1. The number of hydrazone groups is 1. The summed E-state index contributed by atoms with van der Waals surface area (Å²) >= 11 is 0. The maximum absolute atomic E-state index is 12.3. The summed E-state index contributed by atoms with van der Waals surface area (Å²) in [5.74, 6) is 0.552. The molecule has 0 saturated carbocycles. The van der Waals surface area contributed by atoms with Gasteiger partial charge in [-0.05, 0) is 24.3 Å². The SMILES string of the molecule is C=CCOc1ccccc1/C=N/NC(=O)C1CC(=O)N(Cc2ccco2)C1. The van der Waals surface area contributed by atoms with Crippen LogP contribution in [-0.4, -0.2) is 36.1 Å². The van der Waals surface area contributed by atoms with E-state index in [2.05, 4.69) is 17.1 Å². The monoisotopic (exact) mass is 367 g/mol. The standard InChI is InChI=1S/C20H21N3O4/c1-2-9-27-18-8-4-3-6-15(18)12-21-22-20(25)16-11-19(24)23(13-16)14-17-7-5-10-26-17/h2-8,10,12,16H,1,9,11,13-14H2,(H,22,25)/b21-12+. The second-order valence-corrected chi connectivity index (χ2v) is 6.13. The van der Waals surface area contributed by atoms with Crippen LogP contribution < -0.4 is 10.2 Å². The Kier molecular flexibility index (Phi) is 6.04. The van der Waals surface area contributed by atoms with Crippen molar-refractivity contribution in [3.8, 4) is 5.75 Å². The summed E-state index contributed by atoms with van der Waals surface area (Å²) in [6, 6.07) is 10.9. The molecule has 1 atom stereocenters. The van der Waals surface area contributed by atoms with Crippen LogP contribution >= 0.6 is 0 Å². The summed E-state index contributed by atoms with van der Waals surface area (Å²) in [7, 11) is 0. The minimum Gasteiger partial charge on any atom is -0.489 e. The second-order valence-electron chi connectivity index (χ2n) is 6.13. The number of para-hydroxylation sites is 1. The number of rotatable bonds is 8. The quantitative estimate of drug-likeness (QED) is 0.441. The molecule has 140 valence electrons. The summed E-state index contributed by atoms with van der Waals surface area (Å²) in [4.78, 5) is 26.0. The maximum Gasteiger partial charge on any atom is 0.245 e. The Labute approximate surface area is 157 Å². The van der Waals surface area contributed by atoms with Crippen molar-refractivity contribution in [2.24, 2.45) is 11.0 Å². The number of nitrogens with one attached hydrogen (secondary N) is 1. The smallest absolute Gasteiger partial charge is 0.245 e. The molecule has 7 nitrogen and oxygen atoms in total. The fourth-order valence-electron chi connectivity index (χ4n) is 2.82. The van der Waals surface area contributed by atoms with Gasteiger partial charge in [-0.2, -0.15) is 5.10 Å². The maximum atomic E-state index is 12.3. The fourth-order valence-corrected chi connectivity index (χ4v) is 2.82. The largest absolute Gasteiger partial charge is 0.489 e. The molecular formula is C20H21N3O4. The third-order valence-corrected chi connectivity index (χ3v) is 4.17. The molecular weight excluding hydrogens is 346 g/mol. The van der Waals surface area contributed by atoms with Crippen LogP contribution in [0.2, 0.25) is 0 Å². The van der Waals surface area contributed by atoms with Gasteiger partial charge in [-0.3, -0.25) is 9.59 Å². The Morgan fingerprint density at radius 2 is 2.22 bits per heavy atom. The lowest BCUT2D eigenvalue weighted by molar-refractivity contribution is -0.129. The number of furan rings is 1. The lowest BCUT2D eigenvalue weighted by Gasteiger charge is -2.14. The molecule has 1 N–H and O–H groups in total. The van der Waals surface area contributed by atoms with E-state index in [9.17, 15) is 9.59 Å². The molecule has 1 saturated heterocycles. The van der Waals surface area contributed by atoms with E-state index in [1.165, 1.54) is 6.21 Å². The third-order valence-electron chi connectivity index (χ3n) is 4.17. The molecule has 2 aromatic rings. The fraction of sp³-hybridized carbons (Fsp3) is 0.250. The van der Waals surface area contributed by atoms with Gasteiger partial charge in [0.05, 0.1) is 24.9 Å². The van der Waals surface area contributed by atoms with Gasteiger partial charge in [-0.1, -0.05) is 24.8 Å². The molecule has 0 radical (unpaired) electrons. The highest BCUT2D eigenvalue weighted by molar-refractivity contribution is 5.90. The second kappa shape index (κ2) is 8.84. The van der Waals surface area contributed by atoms with E-state index < -0.39 is 5.92 Å². The third kappa shape index (κ3) is 4.84. The first-order chi connectivity index (χ1) is 13.2. The number of ether oxygens (including phenoxy) is 1. The van der Waals surface area contributed by atoms with Gasteiger partial charge in [0.25, 0.3) is 0 Å². The summed E-state index contributed by atoms with van der Waals surface area (Å²) in [6.07, 6.45) is 4.90. The van der Waals surface area contributed by atoms with Gasteiger partial charge >= 0.3 is 0 Å². The molecule has 1 aliphatic rings. The average molecular weight is 367 g/mol. The van der Waals surface area contributed by atoms with Crippen LogP contribution in [0.25, 0.3) is 0 Å². The molecule has 1 aromatic carbocycles. The number of hydrogen-bond acceptors (Lipinski definition) is 5. The van der Waals surface area contributed by atoms with Crippen LogP contribution in [0.15, 0.2) is 64.8 Å². The van der Waals surface area contributed by atoms with Crippen LogP contribution in [0.4, 0.5) is 0 Å². The van der Waals surface area contributed by atoms with Gasteiger partial charge in [0.15, 0.2) is 0 Å². The van der Waals surface area contributed by atoms with E-state index in [1.54, 1.807) is 29.4 Å². The summed E-state index contributed by atoms with van der Waals surface area (Å²) in [5, 5.41) is 4.00. The Balaban J connectivity index is 1.54. The predicted octanol–water partition coefficient (Wildman–Crippen LogP) is 2.34. The van der Waals surface area contributed by atoms with E-state index in [-0.39, 0.29) is 18.2 Å². The number of hydrogen-bond donors (Lipinski definition) is 1. The lowest BCUT2D eigenvalue weighted by atomic mass is 10.1. The van der Waals surface area contributed by atoms with Crippen molar-refractivity contribution in [3.63, 3.8) is 0 Å². The van der Waals surface area contributed by atoms with E-state index in [0.29, 0.717) is 31.2 Å². The Morgan fingerprint density at radius 1 is 1.37 bits per heavy atom. The van der Waals surface area contributed by atoms with Crippen LogP contribution in [0.5, 0.6) is 5.75 Å².